The molecule has 2 aromatic rings. The van der Waals surface area contributed by atoms with Gasteiger partial charge in [0, 0.05) is 31.3 Å². The fraction of sp³-hybridized carbons (Fsp3) is 0.552. The number of carbonyl (C=O) groups excluding carboxylic acids is 1. The zero-order chi connectivity index (χ0) is 29.3. The lowest BCUT2D eigenvalue weighted by atomic mass is 10.0. The average molecular weight is 578 g/mol. The molecule has 4 atom stereocenters. The van der Waals surface area contributed by atoms with Gasteiger partial charge in [-0.2, -0.15) is 0 Å². The van der Waals surface area contributed by atoms with Crippen LogP contribution in [0.2, 0.25) is 0 Å². The first-order valence-corrected chi connectivity index (χ1v) is 15.2. The van der Waals surface area contributed by atoms with Crippen LogP contribution in [-0.2, 0) is 14.8 Å². The molecule has 0 bridgehead atoms. The van der Waals surface area contributed by atoms with Crippen LogP contribution in [0, 0.1) is 5.92 Å². The minimum absolute atomic E-state index is 0.0339. The van der Waals surface area contributed by atoms with Gasteiger partial charge in [0.25, 0.3) is 15.9 Å². The highest BCUT2D eigenvalue weighted by Crippen LogP contribution is 2.29. The lowest BCUT2D eigenvalue weighted by Crippen LogP contribution is -2.47. The van der Waals surface area contributed by atoms with Gasteiger partial charge in [-0.25, -0.2) is 8.42 Å². The summed E-state index contributed by atoms with van der Waals surface area (Å²) in [6.45, 7) is 7.10. The second-order valence-electron chi connectivity index (χ2n) is 10.3. The standard InChI is InChI=1S/C29H43N3O7S/c1-20-18-32(21(2)19-33)29(34)26-16-23(31-40(35,36)25-12-10-24(37-5)11-13-25)9-14-27(26)39-22(3)8-6-7-15-38-28(20)17-30-4/h9-14,16,20-22,28,30-31,33H,6-8,15,17-19H2,1-5H3/t20-,21+,22-,28-/m0/s1. The number of sulfonamides is 1. The third-order valence-corrected chi connectivity index (χ3v) is 8.48. The molecule has 0 aromatic heterocycles. The number of hydrogen-bond donors (Lipinski definition) is 3. The molecule has 1 aliphatic heterocycles. The number of methoxy groups -OCH3 is 1. The molecule has 1 aliphatic rings. The third-order valence-electron chi connectivity index (χ3n) is 7.08. The van der Waals surface area contributed by atoms with Crippen molar-refractivity contribution in [2.75, 3.05) is 45.2 Å². The molecule has 2 aromatic carbocycles. The van der Waals surface area contributed by atoms with E-state index in [-0.39, 0.29) is 46.8 Å². The van der Waals surface area contributed by atoms with E-state index in [4.69, 9.17) is 14.2 Å². The van der Waals surface area contributed by atoms with Gasteiger partial charge in [-0.1, -0.05) is 6.92 Å². The van der Waals surface area contributed by atoms with Crippen LogP contribution in [0.25, 0.3) is 0 Å². The average Bonchev–Trinajstić information content (AvgIpc) is 2.94. The molecule has 1 heterocycles. The van der Waals surface area contributed by atoms with Crippen molar-refractivity contribution in [3.05, 3.63) is 48.0 Å². The van der Waals surface area contributed by atoms with Gasteiger partial charge in [-0.3, -0.25) is 9.52 Å². The van der Waals surface area contributed by atoms with Crippen LogP contribution >= 0.6 is 0 Å². The fourth-order valence-corrected chi connectivity index (χ4v) is 5.70. The maximum absolute atomic E-state index is 14.1. The quantitative estimate of drug-likeness (QED) is 0.435. The Labute approximate surface area is 238 Å². The van der Waals surface area contributed by atoms with Crippen LogP contribution in [0.5, 0.6) is 11.5 Å². The molecule has 1 amide bonds. The molecule has 0 radical (unpaired) electrons. The molecule has 0 aliphatic carbocycles. The molecule has 40 heavy (non-hydrogen) atoms. The Kier molecular flexibility index (Phi) is 11.6. The number of amides is 1. The molecule has 3 rings (SSSR count). The van der Waals surface area contributed by atoms with Gasteiger partial charge in [0.05, 0.1) is 42.4 Å². The second-order valence-corrected chi connectivity index (χ2v) is 12.0. The van der Waals surface area contributed by atoms with E-state index in [0.717, 1.165) is 19.3 Å². The minimum atomic E-state index is -3.93. The van der Waals surface area contributed by atoms with Gasteiger partial charge in [-0.15, -0.1) is 0 Å². The van der Waals surface area contributed by atoms with E-state index < -0.39 is 16.1 Å². The highest BCUT2D eigenvalue weighted by Gasteiger charge is 2.30. The van der Waals surface area contributed by atoms with Crippen LogP contribution in [-0.4, -0.2) is 83.0 Å². The summed E-state index contributed by atoms with van der Waals surface area (Å²) in [6.07, 6.45) is 2.26. The normalized spacial score (nSPS) is 22.0. The van der Waals surface area contributed by atoms with Gasteiger partial charge in [0.2, 0.25) is 0 Å². The van der Waals surface area contributed by atoms with E-state index in [1.54, 1.807) is 36.1 Å². The number of aliphatic hydroxyl groups excluding tert-OH is 1. The molecule has 0 fully saturated rings. The number of rotatable bonds is 8. The van der Waals surface area contributed by atoms with E-state index in [2.05, 4.69) is 10.0 Å². The molecule has 0 saturated carbocycles. The highest BCUT2D eigenvalue weighted by molar-refractivity contribution is 7.92. The molecule has 10 nitrogen and oxygen atoms in total. The number of benzene rings is 2. The monoisotopic (exact) mass is 577 g/mol. The highest BCUT2D eigenvalue weighted by atomic mass is 32.2. The van der Waals surface area contributed by atoms with Crippen molar-refractivity contribution in [2.24, 2.45) is 5.92 Å². The first-order valence-electron chi connectivity index (χ1n) is 13.7. The van der Waals surface area contributed by atoms with Crippen molar-refractivity contribution in [1.82, 2.24) is 10.2 Å². The van der Waals surface area contributed by atoms with Crippen molar-refractivity contribution in [3.63, 3.8) is 0 Å². The van der Waals surface area contributed by atoms with E-state index in [1.807, 2.05) is 20.9 Å². The molecule has 0 spiro atoms. The molecular weight excluding hydrogens is 534 g/mol. The van der Waals surface area contributed by atoms with E-state index in [9.17, 15) is 18.3 Å². The number of nitrogens with one attached hydrogen (secondary N) is 2. The summed E-state index contributed by atoms with van der Waals surface area (Å²) in [5, 5.41) is 13.2. The summed E-state index contributed by atoms with van der Waals surface area (Å²) in [5.41, 5.74) is 0.443. The lowest BCUT2D eigenvalue weighted by molar-refractivity contribution is -0.000450. The van der Waals surface area contributed by atoms with Crippen molar-refractivity contribution < 1.29 is 32.5 Å². The topological polar surface area (TPSA) is 126 Å². The Morgan fingerprint density at radius 2 is 1.88 bits per heavy atom. The van der Waals surface area contributed by atoms with Crippen LogP contribution in [0.15, 0.2) is 47.4 Å². The summed E-state index contributed by atoms with van der Waals surface area (Å²) in [5.74, 6) is 0.513. The van der Waals surface area contributed by atoms with Crippen LogP contribution in [0.3, 0.4) is 0 Å². The van der Waals surface area contributed by atoms with Crippen LogP contribution < -0.4 is 19.5 Å². The SMILES string of the molecule is CNC[C@@H]1OCCCC[C@H](C)Oc2ccc(NS(=O)(=O)c3ccc(OC)cc3)cc2C(=O)N([C@H](C)CO)C[C@@H]1C. The first-order chi connectivity index (χ1) is 19.1. The number of hydrogen-bond acceptors (Lipinski definition) is 8. The number of likely N-dealkylation sites (N-methyl/N-ethyl adjacent to an activating group) is 1. The lowest BCUT2D eigenvalue weighted by Gasteiger charge is -2.34. The zero-order valence-corrected chi connectivity index (χ0v) is 24.9. The Morgan fingerprint density at radius 1 is 1.15 bits per heavy atom. The van der Waals surface area contributed by atoms with Gasteiger partial charge in [0.1, 0.15) is 11.5 Å². The van der Waals surface area contributed by atoms with Crippen LogP contribution in [0.4, 0.5) is 5.69 Å². The number of carbonyl (C=O) groups is 1. The number of aliphatic hydroxyl groups is 1. The fourth-order valence-electron chi connectivity index (χ4n) is 4.65. The van der Waals surface area contributed by atoms with Crippen molar-refractivity contribution in [3.8, 4) is 11.5 Å². The summed E-state index contributed by atoms with van der Waals surface area (Å²) in [7, 11) is -0.562. The van der Waals surface area contributed by atoms with Gasteiger partial charge < -0.3 is 29.5 Å². The Hall–Kier alpha value is -2.86. The summed E-state index contributed by atoms with van der Waals surface area (Å²) in [4.78, 5) is 15.7. The molecular formula is C29H43N3O7S. The largest absolute Gasteiger partial charge is 0.497 e. The number of anilines is 1. The van der Waals surface area contributed by atoms with Crippen molar-refractivity contribution in [2.45, 2.75) is 63.2 Å². The number of fused-ring (bicyclic) bond motifs is 1. The molecule has 0 unspecified atom stereocenters. The molecule has 222 valence electrons. The zero-order valence-electron chi connectivity index (χ0n) is 24.1. The Morgan fingerprint density at radius 3 is 2.52 bits per heavy atom. The van der Waals surface area contributed by atoms with Crippen molar-refractivity contribution in [1.29, 1.82) is 0 Å². The third kappa shape index (κ3) is 8.33. The van der Waals surface area contributed by atoms with E-state index in [0.29, 0.717) is 31.2 Å². The van der Waals surface area contributed by atoms with E-state index in [1.165, 1.54) is 25.3 Å². The number of ether oxygens (including phenoxy) is 3. The molecule has 11 heteroatoms. The van der Waals surface area contributed by atoms with Crippen LogP contribution in [0.1, 0.15) is 50.4 Å². The second kappa shape index (κ2) is 14.7. The van der Waals surface area contributed by atoms with Gasteiger partial charge in [0.15, 0.2) is 0 Å². The van der Waals surface area contributed by atoms with Gasteiger partial charge >= 0.3 is 0 Å². The summed E-state index contributed by atoms with van der Waals surface area (Å²) in [6, 6.07) is 10.3. The smallest absolute Gasteiger partial charge is 0.261 e. The van der Waals surface area contributed by atoms with Gasteiger partial charge in [-0.05, 0) is 82.6 Å². The Bertz CT molecular complexity index is 1210. The summed E-state index contributed by atoms with van der Waals surface area (Å²) >= 11 is 0. The first kappa shape index (κ1) is 31.7. The van der Waals surface area contributed by atoms with E-state index >= 15 is 0 Å². The maximum Gasteiger partial charge on any atom is 0.261 e. The number of nitrogens with zero attached hydrogens (tertiary/aromatic N) is 1. The molecule has 3 N–H and O–H groups in total. The summed E-state index contributed by atoms with van der Waals surface area (Å²) < 4.78 is 46.3. The predicted octanol–water partition coefficient (Wildman–Crippen LogP) is 3.51. The Balaban J connectivity index is 2.01. The molecule has 0 saturated heterocycles. The maximum atomic E-state index is 14.1. The van der Waals surface area contributed by atoms with Crippen molar-refractivity contribution >= 4 is 21.6 Å². The predicted molar refractivity (Wildman–Crippen MR) is 155 cm³/mol. The minimum Gasteiger partial charge on any atom is -0.497 e.